The number of nitrogens with zero attached hydrogens (tertiary/aromatic N) is 2. The maximum atomic E-state index is 14.6. The second kappa shape index (κ2) is 9.52. The van der Waals surface area contributed by atoms with E-state index in [1.807, 2.05) is 21.6 Å². The van der Waals surface area contributed by atoms with Crippen molar-refractivity contribution >= 4 is 16.8 Å². The molecule has 28 heavy (non-hydrogen) atoms. The van der Waals surface area contributed by atoms with Crippen LogP contribution >= 0.6 is 0 Å². The Bertz CT molecular complexity index is 796. The van der Waals surface area contributed by atoms with Crippen LogP contribution < -0.4 is 5.32 Å². The van der Waals surface area contributed by atoms with Gasteiger partial charge in [-0.3, -0.25) is 4.79 Å². The van der Waals surface area contributed by atoms with Crippen molar-refractivity contribution in [3.05, 3.63) is 35.8 Å². The highest BCUT2D eigenvalue weighted by Gasteiger charge is 2.30. The van der Waals surface area contributed by atoms with Crippen molar-refractivity contribution in [3.8, 4) is 0 Å². The number of halogens is 1. The second-order valence-corrected chi connectivity index (χ2v) is 7.87. The molecule has 1 aliphatic rings. The Morgan fingerprint density at radius 1 is 1.39 bits per heavy atom. The lowest BCUT2D eigenvalue weighted by atomic mass is 10.0. The summed E-state index contributed by atoms with van der Waals surface area (Å²) < 4.78 is 21.6. The molecular weight excluding hydrogens is 357 g/mol. The first-order valence-electron chi connectivity index (χ1n) is 10.3. The summed E-state index contributed by atoms with van der Waals surface area (Å²) in [5.74, 6) is -0.287. The zero-order chi connectivity index (χ0) is 20.1. The largest absolute Gasteiger partial charge is 0.385 e. The third-order valence-corrected chi connectivity index (χ3v) is 5.53. The van der Waals surface area contributed by atoms with E-state index in [9.17, 15) is 9.18 Å². The van der Waals surface area contributed by atoms with Crippen molar-refractivity contribution in [3.63, 3.8) is 0 Å². The number of unbranched alkanes of at least 4 members (excludes halogenated alkanes) is 1. The highest BCUT2D eigenvalue weighted by molar-refractivity contribution is 5.99. The summed E-state index contributed by atoms with van der Waals surface area (Å²) in [7, 11) is 1.68. The van der Waals surface area contributed by atoms with E-state index in [4.69, 9.17) is 4.74 Å². The van der Waals surface area contributed by atoms with Crippen LogP contribution in [-0.2, 0) is 11.3 Å². The van der Waals surface area contributed by atoms with Gasteiger partial charge in [-0.2, -0.15) is 0 Å². The molecule has 0 aliphatic carbocycles. The van der Waals surface area contributed by atoms with E-state index < -0.39 is 0 Å². The minimum atomic E-state index is -0.279. The summed E-state index contributed by atoms with van der Waals surface area (Å²) in [5, 5.41) is 4.18. The van der Waals surface area contributed by atoms with Crippen LogP contribution in [0.5, 0.6) is 0 Å². The highest BCUT2D eigenvalue weighted by atomic mass is 19.1. The van der Waals surface area contributed by atoms with E-state index in [2.05, 4.69) is 19.2 Å². The summed E-state index contributed by atoms with van der Waals surface area (Å²) in [6, 6.07) is 7.15. The molecule has 1 aromatic carbocycles. The average Bonchev–Trinajstić information content (AvgIpc) is 3.06. The zero-order valence-electron chi connectivity index (χ0n) is 17.2. The number of carbonyl (C=O) groups is 1. The Morgan fingerprint density at radius 2 is 2.21 bits per heavy atom. The number of aromatic nitrogens is 1. The van der Waals surface area contributed by atoms with E-state index in [0.29, 0.717) is 24.4 Å². The first kappa shape index (κ1) is 20.8. The predicted octanol–water partition coefficient (Wildman–Crippen LogP) is 3.81. The van der Waals surface area contributed by atoms with Crippen molar-refractivity contribution in [1.29, 1.82) is 0 Å². The Morgan fingerprint density at radius 3 is 2.89 bits per heavy atom. The third-order valence-electron chi connectivity index (χ3n) is 5.53. The normalized spacial score (nSPS) is 17.4. The smallest absolute Gasteiger partial charge is 0.271 e. The number of hydrogen-bond donors (Lipinski definition) is 1. The molecule has 1 N–H and O–H groups in total. The summed E-state index contributed by atoms with van der Waals surface area (Å²) in [6.45, 7) is 7.19. The van der Waals surface area contributed by atoms with Crippen molar-refractivity contribution in [1.82, 2.24) is 14.8 Å². The van der Waals surface area contributed by atoms with Crippen molar-refractivity contribution in [2.45, 2.75) is 58.2 Å². The molecule has 0 unspecified atom stereocenters. The van der Waals surface area contributed by atoms with Gasteiger partial charge in [-0.05, 0) is 58.2 Å². The van der Waals surface area contributed by atoms with Gasteiger partial charge in [0.25, 0.3) is 5.91 Å². The number of fused-ring (bicyclic) bond motifs is 1. The van der Waals surface area contributed by atoms with Crippen LogP contribution in [0.15, 0.2) is 24.3 Å². The van der Waals surface area contributed by atoms with E-state index >= 15 is 0 Å². The molecule has 0 bridgehead atoms. The van der Waals surface area contributed by atoms with Crippen molar-refractivity contribution in [2.24, 2.45) is 0 Å². The predicted molar refractivity (Wildman–Crippen MR) is 110 cm³/mol. The fourth-order valence-electron chi connectivity index (χ4n) is 4.23. The maximum absolute atomic E-state index is 14.6. The molecule has 3 rings (SSSR count). The number of rotatable bonds is 8. The molecule has 1 atom stereocenters. The molecule has 1 saturated heterocycles. The highest BCUT2D eigenvalue weighted by Crippen LogP contribution is 2.26. The Balaban J connectivity index is 1.97. The van der Waals surface area contributed by atoms with Gasteiger partial charge in [-0.1, -0.05) is 12.1 Å². The van der Waals surface area contributed by atoms with Crippen molar-refractivity contribution in [2.75, 3.05) is 26.8 Å². The van der Waals surface area contributed by atoms with Gasteiger partial charge in [0.15, 0.2) is 0 Å². The van der Waals surface area contributed by atoms with E-state index in [-0.39, 0.29) is 23.8 Å². The van der Waals surface area contributed by atoms with Gasteiger partial charge in [0.1, 0.15) is 11.5 Å². The lowest BCUT2D eigenvalue weighted by Gasteiger charge is -2.37. The van der Waals surface area contributed by atoms with Crippen LogP contribution in [0.25, 0.3) is 10.9 Å². The SMILES string of the molecule is COCCCCn1c(C(=O)N(C(C)C)[C@@H]2CCCNC2)cc2cccc(F)c21. The third kappa shape index (κ3) is 4.39. The summed E-state index contributed by atoms with van der Waals surface area (Å²) in [5.41, 5.74) is 1.10. The van der Waals surface area contributed by atoms with Gasteiger partial charge < -0.3 is 19.5 Å². The molecule has 1 fully saturated rings. The van der Waals surface area contributed by atoms with Crippen LogP contribution in [-0.4, -0.2) is 54.3 Å². The number of methoxy groups -OCH3 is 1. The number of carbonyl (C=O) groups excluding carboxylic acids is 1. The maximum Gasteiger partial charge on any atom is 0.271 e. The lowest BCUT2D eigenvalue weighted by Crippen LogP contribution is -2.52. The summed E-state index contributed by atoms with van der Waals surface area (Å²) >= 11 is 0. The molecule has 1 aliphatic heterocycles. The number of nitrogens with one attached hydrogen (secondary N) is 1. The second-order valence-electron chi connectivity index (χ2n) is 7.87. The molecule has 1 amide bonds. The molecule has 2 aromatic rings. The monoisotopic (exact) mass is 389 g/mol. The Kier molecular flexibility index (Phi) is 7.08. The van der Waals surface area contributed by atoms with E-state index in [1.54, 1.807) is 13.2 Å². The molecule has 0 radical (unpaired) electrons. The topological polar surface area (TPSA) is 46.5 Å². The Hall–Kier alpha value is -1.92. The zero-order valence-corrected chi connectivity index (χ0v) is 17.2. The Labute approximate surface area is 166 Å². The molecule has 1 aromatic heterocycles. The molecule has 2 heterocycles. The van der Waals surface area contributed by atoms with Gasteiger partial charge in [0.05, 0.1) is 5.52 Å². The quantitative estimate of drug-likeness (QED) is 0.699. The summed E-state index contributed by atoms with van der Waals surface area (Å²) in [6.07, 6.45) is 3.77. The van der Waals surface area contributed by atoms with Gasteiger partial charge in [-0.15, -0.1) is 0 Å². The number of amides is 1. The number of para-hydroxylation sites is 1. The number of aryl methyl sites for hydroxylation is 1. The van der Waals surface area contributed by atoms with Crippen LogP contribution in [0, 0.1) is 5.82 Å². The number of hydrogen-bond acceptors (Lipinski definition) is 3. The number of piperidine rings is 1. The standard InChI is InChI=1S/C22H32FN3O2/c1-16(2)26(18-9-7-11-24-15-18)22(27)20-14-17-8-6-10-19(23)21(17)25(20)12-4-5-13-28-3/h6,8,10,14,16,18,24H,4-5,7,9,11-13,15H2,1-3H3/t18-/m1/s1. The number of ether oxygens (including phenoxy) is 1. The van der Waals surface area contributed by atoms with Gasteiger partial charge in [-0.25, -0.2) is 4.39 Å². The number of benzene rings is 1. The van der Waals surface area contributed by atoms with Crippen LogP contribution in [0.1, 0.15) is 50.0 Å². The van der Waals surface area contributed by atoms with E-state index in [0.717, 1.165) is 44.2 Å². The average molecular weight is 390 g/mol. The first-order valence-corrected chi connectivity index (χ1v) is 10.3. The van der Waals surface area contributed by atoms with Gasteiger partial charge in [0.2, 0.25) is 0 Å². The van der Waals surface area contributed by atoms with E-state index in [1.165, 1.54) is 6.07 Å². The summed E-state index contributed by atoms with van der Waals surface area (Å²) in [4.78, 5) is 15.6. The molecule has 0 spiro atoms. The first-order chi connectivity index (χ1) is 13.5. The molecule has 0 saturated carbocycles. The van der Waals surface area contributed by atoms with Crippen LogP contribution in [0.2, 0.25) is 0 Å². The van der Waals surface area contributed by atoms with Crippen molar-refractivity contribution < 1.29 is 13.9 Å². The fourth-order valence-corrected chi connectivity index (χ4v) is 4.23. The minimum absolute atomic E-state index is 0.00829. The van der Waals surface area contributed by atoms with Crippen LogP contribution in [0.4, 0.5) is 4.39 Å². The molecular formula is C22H32FN3O2. The lowest BCUT2D eigenvalue weighted by molar-refractivity contribution is 0.0562. The minimum Gasteiger partial charge on any atom is -0.385 e. The van der Waals surface area contributed by atoms with Gasteiger partial charge in [0, 0.05) is 44.3 Å². The van der Waals surface area contributed by atoms with Crippen LogP contribution in [0.3, 0.4) is 0 Å². The van der Waals surface area contributed by atoms with Gasteiger partial charge >= 0.3 is 0 Å². The molecule has 154 valence electrons. The molecule has 5 nitrogen and oxygen atoms in total. The fraction of sp³-hybridized carbons (Fsp3) is 0.591. The molecule has 6 heteroatoms.